The summed E-state index contributed by atoms with van der Waals surface area (Å²) in [5, 5.41) is 6.04. The summed E-state index contributed by atoms with van der Waals surface area (Å²) >= 11 is 0. The molecule has 2 aliphatic heterocycles. The average molecular weight is 566 g/mol. The summed E-state index contributed by atoms with van der Waals surface area (Å²) < 4.78 is 47.0. The van der Waals surface area contributed by atoms with Gasteiger partial charge in [0.25, 0.3) is 0 Å². The first-order chi connectivity index (χ1) is 19.1. The van der Waals surface area contributed by atoms with Crippen molar-refractivity contribution in [3.8, 4) is 0 Å². The fraction of sp³-hybridized carbons (Fsp3) is 0.607. The maximum Gasteiger partial charge on any atom is 0.421 e. The summed E-state index contributed by atoms with van der Waals surface area (Å²) in [6, 6.07) is 6.14. The molecule has 2 aliphatic rings. The highest BCUT2D eigenvalue weighted by Gasteiger charge is 2.37. The Morgan fingerprint density at radius 3 is 2.62 bits per heavy atom. The number of aryl methyl sites for hydroxylation is 1. The average Bonchev–Trinajstić information content (AvgIpc) is 3.13. The van der Waals surface area contributed by atoms with Gasteiger partial charge in [-0.3, -0.25) is 9.79 Å². The first-order valence-corrected chi connectivity index (χ1v) is 13.8. The smallest absolute Gasteiger partial charge is 0.379 e. The van der Waals surface area contributed by atoms with E-state index < -0.39 is 11.7 Å². The second-order valence-corrected chi connectivity index (χ2v) is 10.2. The molecule has 9 nitrogen and oxygen atoms in total. The lowest BCUT2D eigenvalue weighted by atomic mass is 10.1. The van der Waals surface area contributed by atoms with Crippen LogP contribution < -0.4 is 15.5 Å². The minimum absolute atomic E-state index is 0.0143. The van der Waals surface area contributed by atoms with Gasteiger partial charge in [-0.2, -0.15) is 13.2 Å². The van der Waals surface area contributed by atoms with Gasteiger partial charge in [-0.05, 0) is 49.9 Å². The number of amidine groups is 1. The predicted octanol–water partition coefficient (Wildman–Crippen LogP) is 3.39. The second kappa shape index (κ2) is 15.0. The van der Waals surface area contributed by atoms with Crippen LogP contribution in [0.5, 0.6) is 0 Å². The molecule has 0 aliphatic carbocycles. The number of hydrogen-bond acceptors (Lipinski definition) is 7. The van der Waals surface area contributed by atoms with Gasteiger partial charge < -0.3 is 30.1 Å². The van der Waals surface area contributed by atoms with E-state index in [4.69, 9.17) is 4.74 Å². The molecule has 3 rings (SSSR count). The number of carbonyl (C=O) groups is 1. The zero-order chi connectivity index (χ0) is 29.1. The molecule has 2 saturated heterocycles. The van der Waals surface area contributed by atoms with E-state index in [2.05, 4.69) is 50.2 Å². The fourth-order valence-electron chi connectivity index (χ4n) is 4.73. The highest BCUT2D eigenvalue weighted by atomic mass is 19.4. The number of rotatable bonds is 11. The van der Waals surface area contributed by atoms with E-state index in [1.54, 1.807) is 4.90 Å². The number of amides is 1. The third kappa shape index (κ3) is 9.22. The van der Waals surface area contributed by atoms with Crippen molar-refractivity contribution in [3.05, 3.63) is 35.5 Å². The Kier molecular flexibility index (Phi) is 11.8. The van der Waals surface area contributed by atoms with Crippen molar-refractivity contribution in [1.29, 1.82) is 0 Å². The van der Waals surface area contributed by atoms with Gasteiger partial charge in [-0.15, -0.1) is 0 Å². The minimum atomic E-state index is -4.67. The molecule has 12 heteroatoms. The van der Waals surface area contributed by atoms with E-state index >= 15 is 0 Å². The number of benzene rings is 1. The number of carbonyl (C=O) groups excluding carboxylic acids is 1. The van der Waals surface area contributed by atoms with Crippen molar-refractivity contribution < 1.29 is 22.7 Å². The van der Waals surface area contributed by atoms with Crippen LogP contribution in [0.1, 0.15) is 25.8 Å². The monoisotopic (exact) mass is 565 g/mol. The highest BCUT2D eigenvalue weighted by molar-refractivity contribution is 5.99. The van der Waals surface area contributed by atoms with Gasteiger partial charge in [0, 0.05) is 63.4 Å². The number of halogens is 3. The molecule has 1 aromatic carbocycles. The van der Waals surface area contributed by atoms with Crippen LogP contribution in [0.2, 0.25) is 0 Å². The molecule has 2 fully saturated rings. The highest BCUT2D eigenvalue weighted by Crippen LogP contribution is 2.27. The third-order valence-corrected chi connectivity index (χ3v) is 7.09. The van der Waals surface area contributed by atoms with E-state index in [0.717, 1.165) is 49.5 Å². The SMILES string of the molecule is C=N/C=C(\C(=N/CNc1ccc(N2CCN(C)CC2)cc1CC)NCC(C)CN1CCOCCC1=O)C(F)(F)F. The van der Waals surface area contributed by atoms with Crippen LogP contribution in [0.15, 0.2) is 40.0 Å². The molecule has 1 aromatic rings. The molecular formula is C28H42F3N7O2. The molecule has 0 radical (unpaired) electrons. The van der Waals surface area contributed by atoms with Gasteiger partial charge in [-0.25, -0.2) is 4.99 Å². The molecule has 0 bridgehead atoms. The first kappa shape index (κ1) is 31.4. The van der Waals surface area contributed by atoms with Crippen LogP contribution in [0.3, 0.4) is 0 Å². The van der Waals surface area contributed by atoms with Crippen LogP contribution in [0.4, 0.5) is 24.5 Å². The summed E-state index contributed by atoms with van der Waals surface area (Å²) in [4.78, 5) is 26.2. The predicted molar refractivity (Wildman–Crippen MR) is 154 cm³/mol. The number of aliphatic imine (C=N–C) groups is 2. The Labute approximate surface area is 235 Å². The molecule has 2 heterocycles. The van der Waals surface area contributed by atoms with Crippen molar-refractivity contribution in [2.75, 3.05) is 83.0 Å². The van der Waals surface area contributed by atoms with Crippen LogP contribution >= 0.6 is 0 Å². The number of piperazine rings is 1. The van der Waals surface area contributed by atoms with Crippen LogP contribution in [-0.4, -0.2) is 107 Å². The third-order valence-electron chi connectivity index (χ3n) is 7.09. The van der Waals surface area contributed by atoms with Gasteiger partial charge in [0.1, 0.15) is 18.1 Å². The van der Waals surface area contributed by atoms with E-state index in [0.29, 0.717) is 38.9 Å². The Balaban J connectivity index is 1.70. The summed E-state index contributed by atoms with van der Waals surface area (Å²) in [5.41, 5.74) is 2.04. The van der Waals surface area contributed by atoms with Crippen molar-refractivity contribution in [2.24, 2.45) is 15.9 Å². The molecule has 1 amide bonds. The summed E-state index contributed by atoms with van der Waals surface area (Å²) in [6.45, 7) is 12.9. The Bertz CT molecular complexity index is 1050. The molecule has 40 heavy (non-hydrogen) atoms. The van der Waals surface area contributed by atoms with E-state index in [-0.39, 0.29) is 30.9 Å². The number of ether oxygens (including phenoxy) is 1. The molecule has 1 unspecified atom stereocenters. The molecule has 1 atom stereocenters. The summed E-state index contributed by atoms with van der Waals surface area (Å²) in [5.74, 6) is -0.461. The lowest BCUT2D eigenvalue weighted by Gasteiger charge is -2.34. The minimum Gasteiger partial charge on any atom is -0.379 e. The molecule has 0 aromatic heterocycles. The Morgan fingerprint density at radius 1 is 1.20 bits per heavy atom. The topological polar surface area (TPSA) is 84.8 Å². The van der Waals surface area contributed by atoms with E-state index in [1.165, 1.54) is 0 Å². The largest absolute Gasteiger partial charge is 0.421 e. The Hall–Kier alpha value is -3.12. The lowest BCUT2D eigenvalue weighted by molar-refractivity contribution is -0.130. The number of hydrogen-bond donors (Lipinski definition) is 2. The fourth-order valence-corrected chi connectivity index (χ4v) is 4.73. The van der Waals surface area contributed by atoms with Crippen LogP contribution in [0, 0.1) is 5.92 Å². The van der Waals surface area contributed by atoms with Gasteiger partial charge in [0.15, 0.2) is 0 Å². The maximum absolute atomic E-state index is 13.9. The molecular weight excluding hydrogens is 523 g/mol. The number of nitrogens with one attached hydrogen (secondary N) is 2. The van der Waals surface area contributed by atoms with Crippen LogP contribution in [0.25, 0.3) is 0 Å². The summed E-state index contributed by atoms with van der Waals surface area (Å²) in [6.07, 6.45) is -2.92. The molecule has 0 saturated carbocycles. The Morgan fingerprint density at radius 2 is 1.95 bits per heavy atom. The second-order valence-electron chi connectivity index (χ2n) is 10.2. The van der Waals surface area contributed by atoms with E-state index in [1.807, 2.05) is 26.0 Å². The first-order valence-electron chi connectivity index (χ1n) is 13.8. The normalized spacial score (nSPS) is 18.9. The van der Waals surface area contributed by atoms with E-state index in [9.17, 15) is 18.0 Å². The van der Waals surface area contributed by atoms with Gasteiger partial charge >= 0.3 is 6.18 Å². The summed E-state index contributed by atoms with van der Waals surface area (Å²) in [7, 11) is 2.11. The molecule has 222 valence electrons. The van der Waals surface area contributed by atoms with Crippen LogP contribution in [-0.2, 0) is 16.0 Å². The number of anilines is 2. The van der Waals surface area contributed by atoms with Crippen molar-refractivity contribution in [1.82, 2.24) is 15.1 Å². The van der Waals surface area contributed by atoms with Gasteiger partial charge in [0.05, 0.1) is 19.6 Å². The van der Waals surface area contributed by atoms with Gasteiger partial charge in [0.2, 0.25) is 5.91 Å². The molecule has 0 spiro atoms. The zero-order valence-electron chi connectivity index (χ0n) is 23.8. The maximum atomic E-state index is 13.9. The number of likely N-dealkylation sites (N-methyl/N-ethyl adjacent to an activating group) is 1. The quantitative estimate of drug-likeness (QED) is 0.316. The lowest BCUT2D eigenvalue weighted by Crippen LogP contribution is -2.44. The van der Waals surface area contributed by atoms with Crippen molar-refractivity contribution in [3.63, 3.8) is 0 Å². The van der Waals surface area contributed by atoms with Crippen molar-refractivity contribution >= 4 is 29.8 Å². The molecule has 2 N–H and O–H groups in total. The zero-order valence-corrected chi connectivity index (χ0v) is 23.8. The van der Waals surface area contributed by atoms with Crippen molar-refractivity contribution in [2.45, 2.75) is 32.9 Å². The number of alkyl halides is 3. The van der Waals surface area contributed by atoms with Gasteiger partial charge in [-0.1, -0.05) is 13.8 Å². The number of nitrogens with zero attached hydrogens (tertiary/aromatic N) is 5. The standard InChI is InChI=1S/C28H42F3N7O2/c1-5-22-16-23(37-11-9-36(4)10-12-37)6-7-25(22)34-20-35-27(24(18-32-3)28(29,30)31)33-17-21(2)19-38-13-15-40-14-8-26(38)39/h6-7,16,18,21,34H,3,5,8-15,17,19-20H2,1-2,4H3,(H,33,35)/b24-18+.